The zero-order chi connectivity index (χ0) is 21.0. The maximum absolute atomic E-state index is 12.8. The second-order valence-electron chi connectivity index (χ2n) is 9.70. The molecule has 1 aliphatic carbocycles. The lowest BCUT2D eigenvalue weighted by Gasteiger charge is -2.43. The van der Waals surface area contributed by atoms with Gasteiger partial charge in [-0.05, 0) is 57.8 Å². The van der Waals surface area contributed by atoms with Gasteiger partial charge in [0.1, 0.15) is 0 Å². The molecule has 30 heavy (non-hydrogen) atoms. The predicted octanol–water partition coefficient (Wildman–Crippen LogP) is 4.00. The standard InChI is InChI=1S/C24H32N4OS/c1-16-5-6-18-21(13-16)30-24(20-15-28(25-22(18)20)12-11-26(3)4)7-9-27(10-8-24)23(29)19-14-17(19)2/h5-6,13,15,17,19H,7-12,14H2,1-4H3/t17-,19-/m0/s1. The van der Waals surface area contributed by atoms with Crippen LogP contribution >= 0.6 is 11.8 Å². The highest BCUT2D eigenvalue weighted by molar-refractivity contribution is 8.00. The van der Waals surface area contributed by atoms with Gasteiger partial charge in [0.25, 0.3) is 0 Å². The van der Waals surface area contributed by atoms with Gasteiger partial charge in [-0.2, -0.15) is 5.10 Å². The molecule has 2 fully saturated rings. The highest BCUT2D eigenvalue weighted by Gasteiger charge is 2.47. The van der Waals surface area contributed by atoms with E-state index >= 15 is 0 Å². The number of hydrogen-bond donors (Lipinski definition) is 0. The van der Waals surface area contributed by atoms with E-state index in [2.05, 4.69) is 66.8 Å². The summed E-state index contributed by atoms with van der Waals surface area (Å²) in [6.07, 6.45) is 5.37. The lowest BCUT2D eigenvalue weighted by molar-refractivity contribution is -0.134. The summed E-state index contributed by atoms with van der Waals surface area (Å²) in [4.78, 5) is 18.5. The van der Waals surface area contributed by atoms with Gasteiger partial charge in [0, 0.05) is 47.8 Å². The molecule has 0 unspecified atom stereocenters. The van der Waals surface area contributed by atoms with Crippen LogP contribution in [-0.2, 0) is 16.1 Å². The van der Waals surface area contributed by atoms with Gasteiger partial charge in [0.05, 0.1) is 17.0 Å². The van der Waals surface area contributed by atoms with Crippen LogP contribution in [0.5, 0.6) is 0 Å². The van der Waals surface area contributed by atoms with Crippen molar-refractivity contribution in [1.29, 1.82) is 0 Å². The number of rotatable bonds is 4. The molecule has 2 aliphatic heterocycles. The molecule has 2 atom stereocenters. The zero-order valence-electron chi connectivity index (χ0n) is 18.5. The maximum Gasteiger partial charge on any atom is 0.225 e. The highest BCUT2D eigenvalue weighted by Crippen LogP contribution is 2.57. The van der Waals surface area contributed by atoms with Crippen LogP contribution in [-0.4, -0.2) is 59.2 Å². The first-order chi connectivity index (χ1) is 14.4. The van der Waals surface area contributed by atoms with Crippen LogP contribution in [0, 0.1) is 18.8 Å². The van der Waals surface area contributed by atoms with Gasteiger partial charge in [0.2, 0.25) is 5.91 Å². The first-order valence-electron chi connectivity index (χ1n) is 11.2. The summed E-state index contributed by atoms with van der Waals surface area (Å²) < 4.78 is 2.16. The van der Waals surface area contributed by atoms with Crippen molar-refractivity contribution in [3.05, 3.63) is 35.5 Å². The number of aromatic nitrogens is 2. The average Bonchev–Trinajstić information content (AvgIpc) is 3.28. The van der Waals surface area contributed by atoms with Crippen LogP contribution in [0.2, 0.25) is 0 Å². The van der Waals surface area contributed by atoms with Crippen molar-refractivity contribution in [2.24, 2.45) is 11.8 Å². The topological polar surface area (TPSA) is 41.4 Å². The smallest absolute Gasteiger partial charge is 0.225 e. The fraction of sp³-hybridized carbons (Fsp3) is 0.583. The van der Waals surface area contributed by atoms with Gasteiger partial charge >= 0.3 is 0 Å². The molecule has 6 heteroatoms. The van der Waals surface area contributed by atoms with Gasteiger partial charge in [-0.3, -0.25) is 9.48 Å². The Morgan fingerprint density at radius 3 is 2.70 bits per heavy atom. The molecule has 1 aromatic carbocycles. The van der Waals surface area contributed by atoms with Crippen molar-refractivity contribution >= 4 is 17.7 Å². The van der Waals surface area contributed by atoms with E-state index in [4.69, 9.17) is 5.10 Å². The fourth-order valence-corrected chi connectivity index (χ4v) is 6.49. The van der Waals surface area contributed by atoms with Crippen molar-refractivity contribution in [3.63, 3.8) is 0 Å². The lowest BCUT2D eigenvalue weighted by atomic mass is 9.86. The summed E-state index contributed by atoms with van der Waals surface area (Å²) in [5.41, 5.74) is 5.08. The van der Waals surface area contributed by atoms with Crippen molar-refractivity contribution < 1.29 is 4.79 Å². The second-order valence-corrected chi connectivity index (χ2v) is 11.1. The third-order valence-corrected chi connectivity index (χ3v) is 8.61. The van der Waals surface area contributed by atoms with Crippen molar-refractivity contribution in [2.75, 3.05) is 33.7 Å². The Morgan fingerprint density at radius 1 is 1.30 bits per heavy atom. The largest absolute Gasteiger partial charge is 0.342 e. The number of nitrogens with zero attached hydrogens (tertiary/aromatic N) is 4. The van der Waals surface area contributed by atoms with Crippen LogP contribution in [0.4, 0.5) is 0 Å². The van der Waals surface area contributed by atoms with Gasteiger partial charge in [-0.25, -0.2) is 0 Å². The van der Waals surface area contributed by atoms with E-state index in [9.17, 15) is 4.79 Å². The number of thioether (sulfide) groups is 1. The molecule has 3 heterocycles. The van der Waals surface area contributed by atoms with Crippen LogP contribution in [0.15, 0.2) is 29.3 Å². The Hall–Kier alpha value is -1.79. The Kier molecular flexibility index (Phi) is 4.98. The van der Waals surface area contributed by atoms with E-state index in [1.807, 2.05) is 11.8 Å². The molecule has 0 N–H and O–H groups in total. The minimum atomic E-state index is 0.0262. The Balaban J connectivity index is 1.46. The number of fused-ring (bicyclic) bond motifs is 4. The number of amides is 1. The van der Waals surface area contributed by atoms with Gasteiger partial charge < -0.3 is 9.80 Å². The Bertz CT molecular complexity index is 974. The Morgan fingerprint density at radius 2 is 2.03 bits per heavy atom. The molecule has 1 amide bonds. The summed E-state index contributed by atoms with van der Waals surface area (Å²) in [5, 5.41) is 5.04. The predicted molar refractivity (Wildman–Crippen MR) is 122 cm³/mol. The molecule has 160 valence electrons. The van der Waals surface area contributed by atoms with E-state index in [-0.39, 0.29) is 10.7 Å². The van der Waals surface area contributed by atoms with Crippen LogP contribution < -0.4 is 0 Å². The molecule has 5 nitrogen and oxygen atoms in total. The fourth-order valence-electron chi connectivity index (χ4n) is 4.91. The summed E-state index contributed by atoms with van der Waals surface area (Å²) in [6.45, 7) is 7.95. The monoisotopic (exact) mass is 424 g/mol. The quantitative estimate of drug-likeness (QED) is 0.744. The number of aryl methyl sites for hydroxylation is 1. The lowest BCUT2D eigenvalue weighted by Crippen LogP contribution is -2.45. The van der Waals surface area contributed by atoms with Crippen LogP contribution in [0.3, 0.4) is 0 Å². The molecule has 1 aromatic heterocycles. The molecule has 0 radical (unpaired) electrons. The minimum Gasteiger partial charge on any atom is -0.342 e. The molecule has 2 aromatic rings. The average molecular weight is 425 g/mol. The number of carbonyl (C=O) groups excluding carboxylic acids is 1. The number of piperidine rings is 1. The van der Waals surface area contributed by atoms with E-state index in [0.717, 1.165) is 51.1 Å². The van der Waals surface area contributed by atoms with E-state index < -0.39 is 0 Å². The number of carbonyl (C=O) groups is 1. The van der Waals surface area contributed by atoms with E-state index in [1.165, 1.54) is 21.6 Å². The van der Waals surface area contributed by atoms with Crippen molar-refractivity contribution in [2.45, 2.75) is 49.3 Å². The van der Waals surface area contributed by atoms with Crippen molar-refractivity contribution in [1.82, 2.24) is 19.6 Å². The zero-order valence-corrected chi connectivity index (χ0v) is 19.3. The van der Waals surface area contributed by atoms with E-state index in [1.54, 1.807) is 0 Å². The molecule has 5 rings (SSSR count). The van der Waals surface area contributed by atoms with Gasteiger partial charge in [-0.1, -0.05) is 19.1 Å². The SMILES string of the molecule is Cc1ccc2c(c1)SC1(CCN(C(=O)[C@H]3C[C@@H]3C)CC1)c1cn(CCN(C)C)nc1-2. The van der Waals surface area contributed by atoms with Gasteiger partial charge in [-0.15, -0.1) is 11.8 Å². The minimum absolute atomic E-state index is 0.0262. The Labute approximate surface area is 183 Å². The first-order valence-corrected chi connectivity index (χ1v) is 12.0. The maximum atomic E-state index is 12.8. The molecule has 1 saturated carbocycles. The summed E-state index contributed by atoms with van der Waals surface area (Å²) in [5.74, 6) is 1.25. The van der Waals surface area contributed by atoms with Crippen LogP contribution in [0.1, 0.15) is 37.3 Å². The molecule has 0 bridgehead atoms. The highest BCUT2D eigenvalue weighted by atomic mass is 32.2. The molecular weight excluding hydrogens is 392 g/mol. The third-order valence-electron chi connectivity index (χ3n) is 7.04. The molecule has 3 aliphatic rings. The van der Waals surface area contributed by atoms with Crippen molar-refractivity contribution in [3.8, 4) is 11.3 Å². The van der Waals surface area contributed by atoms with E-state index in [0.29, 0.717) is 11.8 Å². The molecule has 1 saturated heterocycles. The summed E-state index contributed by atoms with van der Waals surface area (Å²) in [7, 11) is 4.21. The number of benzene rings is 1. The summed E-state index contributed by atoms with van der Waals surface area (Å²) >= 11 is 2.01. The number of hydrogen-bond acceptors (Lipinski definition) is 4. The molecule has 1 spiro atoms. The molecular formula is C24H32N4OS. The summed E-state index contributed by atoms with van der Waals surface area (Å²) in [6, 6.07) is 6.74. The first kappa shape index (κ1) is 20.1. The second kappa shape index (κ2) is 7.41. The normalized spacial score (nSPS) is 24.1. The third kappa shape index (κ3) is 3.48. The van der Waals surface area contributed by atoms with Gasteiger partial charge in [0.15, 0.2) is 0 Å². The number of likely N-dealkylation sites (tertiary alicyclic amines) is 1. The van der Waals surface area contributed by atoms with Crippen LogP contribution in [0.25, 0.3) is 11.3 Å². The number of likely N-dealkylation sites (N-methyl/N-ethyl adjacent to an activating group) is 1.